The van der Waals surface area contributed by atoms with Gasteiger partial charge in [0.05, 0.1) is 0 Å². The highest BCUT2D eigenvalue weighted by Gasteiger charge is 2.19. The van der Waals surface area contributed by atoms with Crippen molar-refractivity contribution in [2.24, 2.45) is 0 Å². The van der Waals surface area contributed by atoms with E-state index in [1.165, 1.54) is 20.0 Å². The van der Waals surface area contributed by atoms with Gasteiger partial charge in [0.15, 0.2) is 6.10 Å². The van der Waals surface area contributed by atoms with Crippen molar-refractivity contribution in [3.8, 4) is 0 Å². The first-order chi connectivity index (χ1) is 15.7. The Bertz CT molecular complexity index is 1270. The first kappa shape index (κ1) is 23.2. The topological polar surface area (TPSA) is 146 Å². The Morgan fingerprint density at radius 2 is 1.61 bits per heavy atom. The van der Waals surface area contributed by atoms with E-state index in [2.05, 4.69) is 20.9 Å². The van der Waals surface area contributed by atoms with Crippen molar-refractivity contribution in [3.05, 3.63) is 70.5 Å². The summed E-state index contributed by atoms with van der Waals surface area (Å²) in [5.74, 6) is -2.38. The Hall–Kier alpha value is -4.47. The molecule has 33 heavy (non-hydrogen) atoms. The summed E-state index contributed by atoms with van der Waals surface area (Å²) in [6.45, 7) is 2.25. The van der Waals surface area contributed by atoms with Crippen LogP contribution in [0, 0.1) is 0 Å². The van der Waals surface area contributed by atoms with Crippen molar-refractivity contribution >= 4 is 46.0 Å². The molecule has 0 aliphatic rings. The molecule has 3 aromatic rings. The second kappa shape index (κ2) is 10.2. The lowest BCUT2D eigenvalue weighted by Crippen LogP contribution is -2.37. The lowest BCUT2D eigenvalue weighted by molar-refractivity contribution is -0.152. The number of H-pyrrole nitrogens is 1. The quantitative estimate of drug-likeness (QED) is 0.404. The minimum atomic E-state index is -1.13. The first-order valence-electron chi connectivity index (χ1n) is 10.0. The zero-order chi connectivity index (χ0) is 24.0. The van der Waals surface area contributed by atoms with Crippen LogP contribution in [0.3, 0.4) is 0 Å². The van der Waals surface area contributed by atoms with Crippen LogP contribution in [-0.2, 0) is 19.1 Å². The second-order valence-electron chi connectivity index (χ2n) is 7.14. The molecular formula is C23H22N4O6. The number of pyridine rings is 1. The third-order valence-corrected chi connectivity index (χ3v) is 4.58. The van der Waals surface area contributed by atoms with Crippen molar-refractivity contribution in [3.63, 3.8) is 0 Å². The van der Waals surface area contributed by atoms with Gasteiger partial charge in [-0.3, -0.25) is 24.0 Å². The molecule has 4 N–H and O–H groups in total. The average Bonchev–Trinajstić information content (AvgIpc) is 2.78. The fraction of sp³-hybridized carbons (Fsp3) is 0.174. The summed E-state index contributed by atoms with van der Waals surface area (Å²) in [7, 11) is 0. The zero-order valence-corrected chi connectivity index (χ0v) is 17.9. The molecule has 170 valence electrons. The number of benzene rings is 2. The summed E-state index contributed by atoms with van der Waals surface area (Å²) in [5, 5.41) is 7.86. The van der Waals surface area contributed by atoms with Crippen LogP contribution in [0.25, 0.3) is 10.9 Å². The number of para-hydroxylation sites is 1. The molecule has 0 unspecified atom stereocenters. The summed E-state index contributed by atoms with van der Waals surface area (Å²) in [6.07, 6.45) is 0.145. The van der Waals surface area contributed by atoms with E-state index in [-0.39, 0.29) is 11.5 Å². The minimum absolute atomic E-state index is 0.144. The van der Waals surface area contributed by atoms with E-state index in [9.17, 15) is 24.0 Å². The number of anilines is 2. The van der Waals surface area contributed by atoms with Crippen LogP contribution in [-0.4, -0.2) is 41.3 Å². The van der Waals surface area contributed by atoms with E-state index in [1.54, 1.807) is 48.5 Å². The smallest absolute Gasteiger partial charge is 0.326 e. The number of aromatic amines is 1. The Labute approximate surface area is 188 Å². The highest BCUT2D eigenvalue weighted by molar-refractivity contribution is 5.99. The van der Waals surface area contributed by atoms with Crippen LogP contribution in [0.15, 0.2) is 59.5 Å². The van der Waals surface area contributed by atoms with Crippen molar-refractivity contribution in [1.82, 2.24) is 10.3 Å². The van der Waals surface area contributed by atoms with Gasteiger partial charge in [-0.05, 0) is 43.3 Å². The van der Waals surface area contributed by atoms with Gasteiger partial charge in [-0.25, -0.2) is 0 Å². The molecule has 0 radical (unpaired) electrons. The zero-order valence-electron chi connectivity index (χ0n) is 17.9. The molecule has 0 fully saturated rings. The summed E-state index contributed by atoms with van der Waals surface area (Å²) in [5.41, 5.74) is 0.993. The first-order valence-corrected chi connectivity index (χ1v) is 10.0. The Balaban J connectivity index is 1.51. The molecule has 1 heterocycles. The van der Waals surface area contributed by atoms with Gasteiger partial charge in [0.25, 0.3) is 11.8 Å². The Morgan fingerprint density at radius 3 is 2.27 bits per heavy atom. The second-order valence-corrected chi connectivity index (χ2v) is 7.14. The highest BCUT2D eigenvalue weighted by atomic mass is 16.5. The molecule has 2 aromatic carbocycles. The molecule has 3 rings (SSSR count). The van der Waals surface area contributed by atoms with Crippen LogP contribution < -0.4 is 21.4 Å². The molecule has 1 aromatic heterocycles. The number of carbonyl (C=O) groups is 4. The van der Waals surface area contributed by atoms with Crippen molar-refractivity contribution in [2.75, 3.05) is 17.2 Å². The lowest BCUT2D eigenvalue weighted by atomic mass is 10.1. The van der Waals surface area contributed by atoms with Crippen LogP contribution in [0.5, 0.6) is 0 Å². The van der Waals surface area contributed by atoms with Gasteiger partial charge in [0.2, 0.25) is 11.3 Å². The molecule has 0 aliphatic heterocycles. The minimum Gasteiger partial charge on any atom is -0.451 e. The van der Waals surface area contributed by atoms with Gasteiger partial charge in [-0.15, -0.1) is 0 Å². The number of esters is 1. The van der Waals surface area contributed by atoms with Gasteiger partial charge >= 0.3 is 5.97 Å². The standard InChI is InChI=1S/C23H22N4O6/c1-13(22(31)27-16-9-7-15(8-10-16)26-14(2)28)33-20(29)12-25-23(32)18-11-24-19-6-4-3-5-17(19)21(18)30/h3-11,13H,12H2,1-2H3,(H,24,30)(H,25,32)(H,26,28)(H,27,31)/t13-/m0/s1. The van der Waals surface area contributed by atoms with Crippen LogP contribution in [0.2, 0.25) is 0 Å². The molecule has 0 saturated heterocycles. The number of hydrogen-bond acceptors (Lipinski definition) is 6. The summed E-state index contributed by atoms with van der Waals surface area (Å²) in [4.78, 5) is 63.0. The number of hydrogen-bond donors (Lipinski definition) is 4. The fourth-order valence-corrected chi connectivity index (χ4v) is 2.96. The molecule has 10 heteroatoms. The maximum absolute atomic E-state index is 12.5. The van der Waals surface area contributed by atoms with E-state index in [0.29, 0.717) is 22.3 Å². The Morgan fingerprint density at radius 1 is 0.970 bits per heavy atom. The highest BCUT2D eigenvalue weighted by Crippen LogP contribution is 2.14. The molecule has 0 spiro atoms. The third kappa shape index (κ3) is 6.03. The molecular weight excluding hydrogens is 428 g/mol. The number of fused-ring (bicyclic) bond motifs is 1. The van der Waals surface area contributed by atoms with Crippen LogP contribution in [0.4, 0.5) is 11.4 Å². The average molecular weight is 450 g/mol. The van der Waals surface area contributed by atoms with E-state index in [1.807, 2.05) is 0 Å². The molecule has 3 amide bonds. The number of carbonyl (C=O) groups excluding carboxylic acids is 4. The van der Waals surface area contributed by atoms with E-state index >= 15 is 0 Å². The Kier molecular flexibility index (Phi) is 7.19. The van der Waals surface area contributed by atoms with Crippen molar-refractivity contribution < 1.29 is 23.9 Å². The van der Waals surface area contributed by atoms with Gasteiger partial charge < -0.3 is 25.7 Å². The predicted octanol–water partition coefficient (Wildman–Crippen LogP) is 1.79. The summed E-state index contributed by atoms with van der Waals surface area (Å²) in [6, 6.07) is 13.1. The molecule has 0 aliphatic carbocycles. The van der Waals surface area contributed by atoms with Crippen molar-refractivity contribution in [2.45, 2.75) is 20.0 Å². The number of rotatable bonds is 7. The summed E-state index contributed by atoms with van der Waals surface area (Å²) < 4.78 is 5.04. The number of amides is 3. The van der Waals surface area contributed by atoms with Gasteiger partial charge in [-0.2, -0.15) is 0 Å². The van der Waals surface area contributed by atoms with E-state index in [4.69, 9.17) is 4.74 Å². The molecule has 1 atom stereocenters. The van der Waals surface area contributed by atoms with E-state index in [0.717, 1.165) is 0 Å². The largest absolute Gasteiger partial charge is 0.451 e. The molecule has 10 nitrogen and oxygen atoms in total. The maximum Gasteiger partial charge on any atom is 0.326 e. The predicted molar refractivity (Wildman–Crippen MR) is 122 cm³/mol. The summed E-state index contributed by atoms with van der Waals surface area (Å²) >= 11 is 0. The monoisotopic (exact) mass is 450 g/mol. The van der Waals surface area contributed by atoms with Gasteiger partial charge in [0.1, 0.15) is 12.1 Å². The lowest BCUT2D eigenvalue weighted by Gasteiger charge is -2.14. The fourth-order valence-electron chi connectivity index (χ4n) is 2.96. The SMILES string of the molecule is CC(=O)Nc1ccc(NC(=O)[C@H](C)OC(=O)CNC(=O)c2c[nH]c3ccccc3c2=O)cc1. The van der Waals surface area contributed by atoms with Gasteiger partial charge in [-0.1, -0.05) is 12.1 Å². The van der Waals surface area contributed by atoms with Crippen LogP contribution in [0.1, 0.15) is 24.2 Å². The normalized spacial score (nSPS) is 11.3. The van der Waals surface area contributed by atoms with Gasteiger partial charge in [0, 0.05) is 35.4 Å². The van der Waals surface area contributed by atoms with E-state index < -0.39 is 35.9 Å². The molecule has 0 bridgehead atoms. The van der Waals surface area contributed by atoms with Crippen LogP contribution >= 0.6 is 0 Å². The third-order valence-electron chi connectivity index (χ3n) is 4.58. The number of ether oxygens (including phenoxy) is 1. The van der Waals surface area contributed by atoms with Crippen molar-refractivity contribution in [1.29, 1.82) is 0 Å². The number of nitrogens with one attached hydrogen (secondary N) is 4. The molecule has 0 saturated carbocycles. The number of aromatic nitrogens is 1. The maximum atomic E-state index is 12.5.